The van der Waals surface area contributed by atoms with Gasteiger partial charge in [-0.2, -0.15) is 0 Å². The summed E-state index contributed by atoms with van der Waals surface area (Å²) in [7, 11) is 0. The second kappa shape index (κ2) is 6.67. The van der Waals surface area contributed by atoms with Gasteiger partial charge in [-0.1, -0.05) is 35.7 Å². The van der Waals surface area contributed by atoms with Crippen LogP contribution in [0.2, 0.25) is 0 Å². The molecule has 3 heteroatoms. The molecular formula is C15H21BrFN. The van der Waals surface area contributed by atoms with E-state index in [4.69, 9.17) is 0 Å². The summed E-state index contributed by atoms with van der Waals surface area (Å²) in [6.45, 7) is 3.15. The molecule has 0 aliphatic heterocycles. The van der Waals surface area contributed by atoms with Crippen LogP contribution in [0.15, 0.2) is 22.7 Å². The van der Waals surface area contributed by atoms with E-state index in [0.29, 0.717) is 12.0 Å². The zero-order chi connectivity index (χ0) is 13.0. The van der Waals surface area contributed by atoms with Gasteiger partial charge in [0.1, 0.15) is 5.82 Å². The minimum atomic E-state index is -0.0704. The third-order valence-electron chi connectivity index (χ3n) is 3.87. The highest BCUT2D eigenvalue weighted by atomic mass is 79.9. The lowest BCUT2D eigenvalue weighted by Crippen LogP contribution is -2.39. The van der Waals surface area contributed by atoms with Crippen molar-refractivity contribution in [2.45, 2.75) is 45.1 Å². The van der Waals surface area contributed by atoms with Crippen molar-refractivity contribution in [2.24, 2.45) is 5.92 Å². The van der Waals surface area contributed by atoms with Crippen molar-refractivity contribution in [2.75, 3.05) is 6.54 Å². The van der Waals surface area contributed by atoms with Crippen LogP contribution in [0.1, 0.15) is 38.2 Å². The molecule has 100 valence electrons. The monoisotopic (exact) mass is 313 g/mol. The predicted octanol–water partition coefficient (Wildman–Crippen LogP) is 4.30. The molecule has 1 N–H and O–H groups in total. The van der Waals surface area contributed by atoms with Crippen LogP contribution >= 0.6 is 15.9 Å². The molecule has 0 spiro atoms. The van der Waals surface area contributed by atoms with Crippen LogP contribution in [-0.2, 0) is 6.42 Å². The summed E-state index contributed by atoms with van der Waals surface area (Å²) in [5.74, 6) is 0.501. The Morgan fingerprint density at radius 1 is 1.33 bits per heavy atom. The summed E-state index contributed by atoms with van der Waals surface area (Å²) in [6.07, 6.45) is 5.87. The first kappa shape index (κ1) is 14.0. The molecule has 1 aromatic carbocycles. The van der Waals surface area contributed by atoms with Gasteiger partial charge in [-0.15, -0.1) is 0 Å². The summed E-state index contributed by atoms with van der Waals surface area (Å²) in [5.41, 5.74) is 0.846. The van der Waals surface area contributed by atoms with Gasteiger partial charge in [-0.3, -0.25) is 0 Å². The normalized spacial score (nSPS) is 24.2. The highest BCUT2D eigenvalue weighted by Crippen LogP contribution is 2.29. The van der Waals surface area contributed by atoms with Crippen LogP contribution in [-0.4, -0.2) is 12.6 Å². The third kappa shape index (κ3) is 3.55. The van der Waals surface area contributed by atoms with Gasteiger partial charge in [0.25, 0.3) is 0 Å². The molecule has 2 unspecified atom stereocenters. The van der Waals surface area contributed by atoms with E-state index in [1.165, 1.54) is 25.7 Å². The van der Waals surface area contributed by atoms with Gasteiger partial charge < -0.3 is 5.32 Å². The molecule has 18 heavy (non-hydrogen) atoms. The fourth-order valence-corrected chi connectivity index (χ4v) is 3.37. The van der Waals surface area contributed by atoms with Crippen molar-refractivity contribution in [1.29, 1.82) is 0 Å². The summed E-state index contributed by atoms with van der Waals surface area (Å²) in [6, 6.07) is 5.81. The Labute approximate surface area is 117 Å². The molecule has 1 nitrogen and oxygen atoms in total. The second-order valence-electron chi connectivity index (χ2n) is 5.15. The summed E-state index contributed by atoms with van der Waals surface area (Å²) in [4.78, 5) is 0. The van der Waals surface area contributed by atoms with E-state index in [-0.39, 0.29) is 5.82 Å². The zero-order valence-electron chi connectivity index (χ0n) is 10.9. The molecule has 1 saturated carbocycles. The number of hydrogen-bond donors (Lipinski definition) is 1. The SMILES string of the molecule is CCNC1CCCCC1Cc1cc(Br)ccc1F. The van der Waals surface area contributed by atoms with E-state index in [1.807, 2.05) is 6.07 Å². The van der Waals surface area contributed by atoms with E-state index in [2.05, 4.69) is 28.2 Å². The first-order valence-electron chi connectivity index (χ1n) is 6.88. The standard InChI is InChI=1S/C15H21BrFN/c1-2-18-15-6-4-3-5-11(15)9-12-10-13(16)7-8-14(12)17/h7-8,10-11,15,18H,2-6,9H2,1H3. The fourth-order valence-electron chi connectivity index (χ4n) is 2.97. The predicted molar refractivity (Wildman–Crippen MR) is 77.2 cm³/mol. The Balaban J connectivity index is 2.08. The zero-order valence-corrected chi connectivity index (χ0v) is 12.5. The minimum Gasteiger partial charge on any atom is -0.314 e. The van der Waals surface area contributed by atoms with Gasteiger partial charge in [0.15, 0.2) is 0 Å². The van der Waals surface area contributed by atoms with Gasteiger partial charge >= 0.3 is 0 Å². The van der Waals surface area contributed by atoms with Crippen molar-refractivity contribution in [3.05, 3.63) is 34.1 Å². The van der Waals surface area contributed by atoms with Crippen LogP contribution in [0.5, 0.6) is 0 Å². The molecular weight excluding hydrogens is 293 g/mol. The van der Waals surface area contributed by atoms with E-state index < -0.39 is 0 Å². The summed E-state index contributed by atoms with van der Waals surface area (Å²) in [5, 5.41) is 3.55. The molecule has 0 amide bonds. The molecule has 0 saturated heterocycles. The Morgan fingerprint density at radius 3 is 2.89 bits per heavy atom. The minimum absolute atomic E-state index is 0.0704. The van der Waals surface area contributed by atoms with E-state index in [0.717, 1.165) is 23.0 Å². The lowest BCUT2D eigenvalue weighted by Gasteiger charge is -2.32. The largest absolute Gasteiger partial charge is 0.314 e. The number of benzene rings is 1. The van der Waals surface area contributed by atoms with Gasteiger partial charge in [0, 0.05) is 10.5 Å². The molecule has 1 aliphatic rings. The molecule has 1 fully saturated rings. The number of hydrogen-bond acceptors (Lipinski definition) is 1. The van der Waals surface area contributed by atoms with E-state index in [9.17, 15) is 4.39 Å². The number of nitrogens with one attached hydrogen (secondary N) is 1. The lowest BCUT2D eigenvalue weighted by atomic mass is 9.80. The molecule has 0 heterocycles. The molecule has 0 radical (unpaired) electrons. The van der Waals surface area contributed by atoms with Crippen LogP contribution in [0, 0.1) is 11.7 Å². The maximum atomic E-state index is 13.8. The van der Waals surface area contributed by atoms with Crippen LogP contribution in [0.3, 0.4) is 0 Å². The molecule has 1 aromatic rings. The molecule has 0 bridgehead atoms. The molecule has 0 aromatic heterocycles. The molecule has 2 atom stereocenters. The van der Waals surface area contributed by atoms with Crippen LogP contribution in [0.25, 0.3) is 0 Å². The van der Waals surface area contributed by atoms with Crippen LogP contribution < -0.4 is 5.32 Å². The van der Waals surface area contributed by atoms with Gasteiger partial charge in [0.05, 0.1) is 0 Å². The van der Waals surface area contributed by atoms with Crippen molar-refractivity contribution in [3.63, 3.8) is 0 Å². The Bertz CT molecular complexity index is 392. The van der Waals surface area contributed by atoms with Crippen molar-refractivity contribution >= 4 is 15.9 Å². The average molecular weight is 314 g/mol. The average Bonchev–Trinajstić information content (AvgIpc) is 2.36. The quantitative estimate of drug-likeness (QED) is 0.874. The summed E-state index contributed by atoms with van der Waals surface area (Å²) >= 11 is 3.42. The third-order valence-corrected chi connectivity index (χ3v) is 4.36. The first-order valence-corrected chi connectivity index (χ1v) is 7.67. The summed E-state index contributed by atoms with van der Waals surface area (Å²) < 4.78 is 14.8. The van der Waals surface area contributed by atoms with E-state index in [1.54, 1.807) is 12.1 Å². The molecule has 1 aliphatic carbocycles. The second-order valence-corrected chi connectivity index (χ2v) is 6.06. The molecule has 2 rings (SSSR count). The maximum Gasteiger partial charge on any atom is 0.126 e. The Hall–Kier alpha value is -0.410. The Morgan fingerprint density at radius 2 is 2.11 bits per heavy atom. The van der Waals surface area contributed by atoms with Crippen molar-refractivity contribution < 1.29 is 4.39 Å². The smallest absolute Gasteiger partial charge is 0.126 e. The van der Waals surface area contributed by atoms with E-state index >= 15 is 0 Å². The first-order chi connectivity index (χ1) is 8.70. The van der Waals surface area contributed by atoms with Crippen molar-refractivity contribution in [3.8, 4) is 0 Å². The highest BCUT2D eigenvalue weighted by Gasteiger charge is 2.25. The fraction of sp³-hybridized carbons (Fsp3) is 0.600. The van der Waals surface area contributed by atoms with Gasteiger partial charge in [-0.05, 0) is 55.5 Å². The lowest BCUT2D eigenvalue weighted by molar-refractivity contribution is 0.262. The van der Waals surface area contributed by atoms with Gasteiger partial charge in [-0.25, -0.2) is 4.39 Å². The maximum absolute atomic E-state index is 13.8. The van der Waals surface area contributed by atoms with Crippen molar-refractivity contribution in [1.82, 2.24) is 5.32 Å². The highest BCUT2D eigenvalue weighted by molar-refractivity contribution is 9.10. The van der Waals surface area contributed by atoms with Crippen LogP contribution in [0.4, 0.5) is 4.39 Å². The number of rotatable bonds is 4. The van der Waals surface area contributed by atoms with Gasteiger partial charge in [0.2, 0.25) is 0 Å². The topological polar surface area (TPSA) is 12.0 Å². The number of halogens is 2. The Kier molecular flexibility index (Phi) is 5.19.